The van der Waals surface area contributed by atoms with E-state index >= 15 is 0 Å². The second kappa shape index (κ2) is 6.62. The Morgan fingerprint density at radius 1 is 1.24 bits per heavy atom. The molecular formula is C13H24F3N. The molecule has 1 aliphatic carbocycles. The van der Waals surface area contributed by atoms with Gasteiger partial charge in [-0.2, -0.15) is 13.2 Å². The van der Waals surface area contributed by atoms with Gasteiger partial charge in [-0.3, -0.25) is 0 Å². The Hall–Kier alpha value is -0.250. The molecule has 0 spiro atoms. The Labute approximate surface area is 102 Å². The maximum absolute atomic E-state index is 12.5. The summed E-state index contributed by atoms with van der Waals surface area (Å²) in [5.74, 6) is 0.832. The van der Waals surface area contributed by atoms with Crippen LogP contribution >= 0.6 is 0 Å². The highest BCUT2D eigenvalue weighted by molar-refractivity contribution is 4.83. The molecule has 0 saturated heterocycles. The van der Waals surface area contributed by atoms with Crippen molar-refractivity contribution in [1.29, 1.82) is 0 Å². The SMILES string of the molecule is CCNC(CC(F)(F)F)C1CCCC(CC)C1. The topological polar surface area (TPSA) is 12.0 Å². The van der Waals surface area contributed by atoms with Crippen LogP contribution in [0.1, 0.15) is 52.4 Å². The summed E-state index contributed by atoms with van der Waals surface area (Å²) in [6.45, 7) is 4.64. The Bertz CT molecular complexity index is 215. The summed E-state index contributed by atoms with van der Waals surface area (Å²) in [6, 6.07) is -0.380. The van der Waals surface area contributed by atoms with Crippen molar-refractivity contribution < 1.29 is 13.2 Å². The van der Waals surface area contributed by atoms with Gasteiger partial charge >= 0.3 is 6.18 Å². The van der Waals surface area contributed by atoms with E-state index in [1.165, 1.54) is 6.42 Å². The van der Waals surface area contributed by atoms with Gasteiger partial charge in [0.25, 0.3) is 0 Å². The molecule has 0 heterocycles. The molecule has 0 aromatic heterocycles. The van der Waals surface area contributed by atoms with E-state index < -0.39 is 12.6 Å². The number of nitrogens with one attached hydrogen (secondary N) is 1. The largest absolute Gasteiger partial charge is 0.390 e. The van der Waals surface area contributed by atoms with Crippen molar-refractivity contribution in [1.82, 2.24) is 5.32 Å². The van der Waals surface area contributed by atoms with Crippen molar-refractivity contribution in [3.63, 3.8) is 0 Å². The molecule has 1 rings (SSSR count). The van der Waals surface area contributed by atoms with Crippen molar-refractivity contribution in [2.45, 2.75) is 64.6 Å². The zero-order valence-electron chi connectivity index (χ0n) is 10.8. The zero-order chi connectivity index (χ0) is 12.9. The highest BCUT2D eigenvalue weighted by Crippen LogP contribution is 2.36. The molecule has 17 heavy (non-hydrogen) atoms. The first-order chi connectivity index (χ1) is 7.96. The number of rotatable bonds is 5. The highest BCUT2D eigenvalue weighted by atomic mass is 19.4. The Balaban J connectivity index is 2.56. The summed E-state index contributed by atoms with van der Waals surface area (Å²) >= 11 is 0. The summed E-state index contributed by atoms with van der Waals surface area (Å²) in [7, 11) is 0. The monoisotopic (exact) mass is 251 g/mol. The zero-order valence-corrected chi connectivity index (χ0v) is 10.8. The first kappa shape index (κ1) is 14.8. The van der Waals surface area contributed by atoms with E-state index in [9.17, 15) is 13.2 Å². The fraction of sp³-hybridized carbons (Fsp3) is 1.00. The van der Waals surface area contributed by atoms with Crippen LogP contribution in [0, 0.1) is 11.8 Å². The van der Waals surface area contributed by atoms with Gasteiger partial charge in [-0.1, -0.05) is 33.1 Å². The molecule has 0 aromatic rings. The molecule has 102 valence electrons. The van der Waals surface area contributed by atoms with E-state index in [0.29, 0.717) is 12.5 Å². The van der Waals surface area contributed by atoms with E-state index in [1.54, 1.807) is 0 Å². The number of hydrogen-bond donors (Lipinski definition) is 1. The predicted molar refractivity (Wildman–Crippen MR) is 63.9 cm³/mol. The minimum Gasteiger partial charge on any atom is -0.314 e. The van der Waals surface area contributed by atoms with Gasteiger partial charge in [0.15, 0.2) is 0 Å². The molecule has 0 aromatic carbocycles. The van der Waals surface area contributed by atoms with Crippen molar-refractivity contribution in [3.8, 4) is 0 Å². The van der Waals surface area contributed by atoms with Crippen molar-refractivity contribution in [2.24, 2.45) is 11.8 Å². The van der Waals surface area contributed by atoms with E-state index in [4.69, 9.17) is 0 Å². The van der Waals surface area contributed by atoms with Crippen LogP contribution in [0.2, 0.25) is 0 Å². The molecule has 4 heteroatoms. The smallest absolute Gasteiger partial charge is 0.314 e. The Kier molecular flexibility index (Phi) is 5.77. The maximum Gasteiger partial charge on any atom is 0.390 e. The van der Waals surface area contributed by atoms with Crippen LogP contribution in [-0.2, 0) is 0 Å². The van der Waals surface area contributed by atoms with Crippen molar-refractivity contribution >= 4 is 0 Å². The molecule has 1 fully saturated rings. The highest BCUT2D eigenvalue weighted by Gasteiger charge is 2.36. The summed E-state index contributed by atoms with van der Waals surface area (Å²) in [5.41, 5.74) is 0. The minimum absolute atomic E-state index is 0.204. The molecule has 0 aliphatic heterocycles. The van der Waals surface area contributed by atoms with Crippen molar-refractivity contribution in [2.75, 3.05) is 6.54 Å². The lowest BCUT2D eigenvalue weighted by Crippen LogP contribution is -2.41. The fourth-order valence-corrected chi connectivity index (χ4v) is 2.99. The third kappa shape index (κ3) is 5.28. The number of halogens is 3. The molecule has 0 amide bonds. The summed E-state index contributed by atoms with van der Waals surface area (Å²) < 4.78 is 37.6. The van der Waals surface area contributed by atoms with Crippen LogP contribution in [-0.4, -0.2) is 18.8 Å². The molecule has 0 radical (unpaired) electrons. The number of alkyl halides is 3. The summed E-state index contributed by atoms with van der Waals surface area (Å²) in [5, 5.41) is 3.03. The van der Waals surface area contributed by atoms with Crippen LogP contribution in [0.3, 0.4) is 0 Å². The second-order valence-corrected chi connectivity index (χ2v) is 5.18. The second-order valence-electron chi connectivity index (χ2n) is 5.18. The summed E-state index contributed by atoms with van der Waals surface area (Å²) in [4.78, 5) is 0. The molecular weight excluding hydrogens is 227 g/mol. The van der Waals surface area contributed by atoms with E-state index in [-0.39, 0.29) is 12.0 Å². The molecule has 1 aliphatic rings. The van der Waals surface area contributed by atoms with Gasteiger partial charge < -0.3 is 5.32 Å². The first-order valence-corrected chi connectivity index (χ1v) is 6.76. The maximum atomic E-state index is 12.5. The van der Waals surface area contributed by atoms with Crippen LogP contribution < -0.4 is 5.32 Å². The third-order valence-electron chi connectivity index (χ3n) is 3.89. The van der Waals surface area contributed by atoms with Crippen molar-refractivity contribution in [3.05, 3.63) is 0 Å². The average molecular weight is 251 g/mol. The average Bonchev–Trinajstić information content (AvgIpc) is 2.27. The molecule has 0 bridgehead atoms. The molecule has 3 unspecified atom stereocenters. The van der Waals surface area contributed by atoms with Crippen LogP contribution in [0.5, 0.6) is 0 Å². The quantitative estimate of drug-likeness (QED) is 0.774. The lowest BCUT2D eigenvalue weighted by molar-refractivity contribution is -0.144. The van der Waals surface area contributed by atoms with Gasteiger partial charge in [0.2, 0.25) is 0 Å². The van der Waals surface area contributed by atoms with Crippen LogP contribution in [0.25, 0.3) is 0 Å². The van der Waals surface area contributed by atoms with E-state index in [1.807, 2.05) is 6.92 Å². The third-order valence-corrected chi connectivity index (χ3v) is 3.89. The first-order valence-electron chi connectivity index (χ1n) is 6.76. The van der Waals surface area contributed by atoms with Gasteiger partial charge in [0.05, 0.1) is 6.42 Å². The van der Waals surface area contributed by atoms with Gasteiger partial charge in [-0.05, 0) is 31.2 Å². The lowest BCUT2D eigenvalue weighted by Gasteiger charge is -2.35. The van der Waals surface area contributed by atoms with Gasteiger partial charge in [-0.15, -0.1) is 0 Å². The van der Waals surface area contributed by atoms with Gasteiger partial charge in [0.1, 0.15) is 0 Å². The molecule has 1 nitrogen and oxygen atoms in total. The van der Waals surface area contributed by atoms with Gasteiger partial charge in [0, 0.05) is 6.04 Å². The van der Waals surface area contributed by atoms with Gasteiger partial charge in [-0.25, -0.2) is 0 Å². The normalized spacial score (nSPS) is 28.1. The molecule has 1 N–H and O–H groups in total. The predicted octanol–water partition coefficient (Wildman–Crippen LogP) is 4.13. The van der Waals surface area contributed by atoms with E-state index in [0.717, 1.165) is 25.7 Å². The van der Waals surface area contributed by atoms with Crippen LogP contribution in [0.15, 0.2) is 0 Å². The number of hydrogen-bond acceptors (Lipinski definition) is 1. The Morgan fingerprint density at radius 2 is 1.94 bits per heavy atom. The standard InChI is InChI=1S/C13H24F3N/c1-3-10-6-5-7-11(8-10)12(17-4-2)9-13(14,15)16/h10-12,17H,3-9H2,1-2H3. The molecule has 1 saturated carbocycles. The van der Waals surface area contributed by atoms with Crippen LogP contribution in [0.4, 0.5) is 13.2 Å². The molecule has 3 atom stereocenters. The Morgan fingerprint density at radius 3 is 2.47 bits per heavy atom. The summed E-state index contributed by atoms with van der Waals surface area (Å²) in [6.07, 6.45) is 0.560. The lowest BCUT2D eigenvalue weighted by atomic mass is 9.76. The fourth-order valence-electron chi connectivity index (χ4n) is 2.99. The van der Waals surface area contributed by atoms with E-state index in [2.05, 4.69) is 12.2 Å². The minimum atomic E-state index is -4.05.